The molecule has 0 atom stereocenters. The van der Waals surface area contributed by atoms with Crippen LogP contribution in [-0.4, -0.2) is 54.5 Å². The Hall–Kier alpha value is -3.37. The number of nitrogens with zero attached hydrogens (tertiary/aromatic N) is 2. The minimum atomic E-state index is -4.04. The zero-order valence-corrected chi connectivity index (χ0v) is 18.8. The van der Waals surface area contributed by atoms with E-state index in [0.717, 1.165) is 0 Å². The Labute approximate surface area is 186 Å². The molecule has 32 heavy (non-hydrogen) atoms. The lowest BCUT2D eigenvalue weighted by Crippen LogP contribution is -2.40. The molecule has 0 N–H and O–H groups in total. The maximum absolute atomic E-state index is 13.7. The average Bonchev–Trinajstić information content (AvgIpc) is 2.83. The van der Waals surface area contributed by atoms with Gasteiger partial charge in [-0.3, -0.25) is 4.31 Å². The third kappa shape index (κ3) is 4.32. The Morgan fingerprint density at radius 2 is 1.62 bits per heavy atom. The zero-order valence-electron chi connectivity index (χ0n) is 18.0. The fourth-order valence-electron chi connectivity index (χ4n) is 3.44. The smallest absolute Gasteiger partial charge is 0.355 e. The number of carbonyl (C=O) groups is 2. The van der Waals surface area contributed by atoms with Gasteiger partial charge >= 0.3 is 11.9 Å². The number of anilines is 2. The van der Waals surface area contributed by atoms with Crippen LogP contribution in [0.15, 0.2) is 70.8 Å². The summed E-state index contributed by atoms with van der Waals surface area (Å²) in [6.45, 7) is 1.58. The van der Waals surface area contributed by atoms with Crippen LogP contribution in [0.25, 0.3) is 0 Å². The number of rotatable bonds is 7. The predicted octanol–water partition coefficient (Wildman–Crippen LogP) is 2.30. The molecule has 0 spiro atoms. The van der Waals surface area contributed by atoms with Gasteiger partial charge in [0.05, 0.1) is 37.8 Å². The van der Waals surface area contributed by atoms with Gasteiger partial charge in [0, 0.05) is 6.54 Å². The molecule has 0 saturated heterocycles. The maximum atomic E-state index is 13.7. The first-order valence-corrected chi connectivity index (χ1v) is 11.2. The van der Waals surface area contributed by atoms with Gasteiger partial charge in [-0.15, -0.1) is 0 Å². The Balaban J connectivity index is 2.19. The van der Waals surface area contributed by atoms with Crippen LogP contribution >= 0.6 is 0 Å². The summed E-state index contributed by atoms with van der Waals surface area (Å²) in [5, 5.41) is 0. The molecule has 0 saturated carbocycles. The molecule has 10 heteroatoms. The maximum Gasteiger partial charge on any atom is 0.355 e. The number of ether oxygens (including phenoxy) is 3. The Bertz CT molecular complexity index is 1130. The largest absolute Gasteiger partial charge is 0.466 e. The number of methoxy groups -OCH3 is 2. The molecule has 0 radical (unpaired) electrons. The first-order valence-electron chi connectivity index (χ1n) is 9.78. The van der Waals surface area contributed by atoms with E-state index in [9.17, 15) is 18.0 Å². The second kappa shape index (κ2) is 9.84. The van der Waals surface area contributed by atoms with Crippen molar-refractivity contribution in [2.45, 2.75) is 11.8 Å². The molecule has 0 aromatic heterocycles. The van der Waals surface area contributed by atoms with Gasteiger partial charge in [0.2, 0.25) is 0 Å². The van der Waals surface area contributed by atoms with Crippen LogP contribution in [0.2, 0.25) is 0 Å². The lowest BCUT2D eigenvalue weighted by atomic mass is 10.1. The number of hydrogen-bond donors (Lipinski definition) is 0. The van der Waals surface area contributed by atoms with Crippen molar-refractivity contribution >= 4 is 33.3 Å². The van der Waals surface area contributed by atoms with Gasteiger partial charge in [-0.25, -0.2) is 18.0 Å². The van der Waals surface area contributed by atoms with Gasteiger partial charge in [0.25, 0.3) is 10.0 Å². The van der Waals surface area contributed by atoms with Crippen LogP contribution in [0.4, 0.5) is 11.4 Å². The minimum Gasteiger partial charge on any atom is -0.466 e. The van der Waals surface area contributed by atoms with Gasteiger partial charge in [-0.1, -0.05) is 30.3 Å². The van der Waals surface area contributed by atoms with E-state index in [-0.39, 0.29) is 41.7 Å². The monoisotopic (exact) mass is 460 g/mol. The summed E-state index contributed by atoms with van der Waals surface area (Å²) in [4.78, 5) is 26.1. The highest BCUT2D eigenvalue weighted by molar-refractivity contribution is 7.93. The van der Waals surface area contributed by atoms with E-state index in [1.165, 1.54) is 35.6 Å². The van der Waals surface area contributed by atoms with Gasteiger partial charge in [-0.05, 0) is 31.2 Å². The van der Waals surface area contributed by atoms with Crippen molar-refractivity contribution in [3.05, 3.63) is 65.9 Å². The van der Waals surface area contributed by atoms with Crippen molar-refractivity contribution in [1.29, 1.82) is 0 Å². The van der Waals surface area contributed by atoms with Crippen LogP contribution in [0, 0.1) is 0 Å². The standard InChI is InChI=1S/C22H24N2O7S/c1-4-24(16-10-6-5-7-11-16)32(27,28)19-13-9-8-12-18(19)23-15-31-14-17(21(25)29-2)20(23)22(26)30-3/h5-13H,4,14-15H2,1-3H3. The van der Waals surface area contributed by atoms with Crippen molar-refractivity contribution in [2.75, 3.05) is 43.3 Å². The summed E-state index contributed by atoms with van der Waals surface area (Å²) in [6, 6.07) is 14.9. The van der Waals surface area contributed by atoms with E-state index in [2.05, 4.69) is 0 Å². The number of carbonyl (C=O) groups excluding carboxylic acids is 2. The number of benzene rings is 2. The Morgan fingerprint density at radius 3 is 2.25 bits per heavy atom. The molecular formula is C22H24N2O7S. The first-order chi connectivity index (χ1) is 15.4. The number of para-hydroxylation sites is 2. The van der Waals surface area contributed by atoms with Crippen LogP contribution < -0.4 is 9.21 Å². The topological polar surface area (TPSA) is 102 Å². The average molecular weight is 461 g/mol. The van der Waals surface area contributed by atoms with Crippen LogP contribution in [0.3, 0.4) is 0 Å². The Kier molecular flexibility index (Phi) is 7.16. The van der Waals surface area contributed by atoms with Crippen LogP contribution in [-0.2, 0) is 33.8 Å². The van der Waals surface area contributed by atoms with E-state index in [4.69, 9.17) is 14.2 Å². The molecule has 170 valence electrons. The molecular weight excluding hydrogens is 436 g/mol. The quantitative estimate of drug-likeness (QED) is 0.580. The third-order valence-electron chi connectivity index (χ3n) is 4.89. The second-order valence-corrected chi connectivity index (χ2v) is 8.52. The molecule has 9 nitrogen and oxygen atoms in total. The fourth-order valence-corrected chi connectivity index (χ4v) is 5.11. The van der Waals surface area contributed by atoms with Gasteiger partial charge in [0.1, 0.15) is 17.3 Å². The molecule has 1 heterocycles. The summed E-state index contributed by atoms with van der Waals surface area (Å²) in [7, 11) is -1.68. The predicted molar refractivity (Wildman–Crippen MR) is 117 cm³/mol. The molecule has 0 fully saturated rings. The highest BCUT2D eigenvalue weighted by Gasteiger charge is 2.36. The van der Waals surface area contributed by atoms with Gasteiger partial charge < -0.3 is 19.1 Å². The highest BCUT2D eigenvalue weighted by Crippen LogP contribution is 2.34. The lowest BCUT2D eigenvalue weighted by Gasteiger charge is -2.33. The molecule has 3 rings (SSSR count). The van der Waals surface area contributed by atoms with Crippen molar-refractivity contribution < 1.29 is 32.2 Å². The zero-order chi connectivity index (χ0) is 23.3. The number of sulfonamides is 1. The van der Waals surface area contributed by atoms with E-state index in [1.54, 1.807) is 49.4 Å². The van der Waals surface area contributed by atoms with Crippen molar-refractivity contribution in [2.24, 2.45) is 0 Å². The van der Waals surface area contributed by atoms with E-state index >= 15 is 0 Å². The van der Waals surface area contributed by atoms with E-state index < -0.39 is 22.0 Å². The normalized spacial score (nSPS) is 14.2. The van der Waals surface area contributed by atoms with Crippen molar-refractivity contribution in [1.82, 2.24) is 0 Å². The Morgan fingerprint density at radius 1 is 1.00 bits per heavy atom. The lowest BCUT2D eigenvalue weighted by molar-refractivity contribution is -0.140. The SMILES string of the molecule is CCN(c1ccccc1)S(=O)(=O)c1ccccc1N1COCC(C(=O)OC)=C1C(=O)OC. The van der Waals surface area contributed by atoms with Crippen molar-refractivity contribution in [3.8, 4) is 0 Å². The summed E-state index contributed by atoms with van der Waals surface area (Å²) in [5.41, 5.74) is 0.478. The third-order valence-corrected chi connectivity index (χ3v) is 6.84. The van der Waals surface area contributed by atoms with Gasteiger partial charge in [-0.2, -0.15) is 0 Å². The summed E-state index contributed by atoms with van der Waals surface area (Å²) >= 11 is 0. The summed E-state index contributed by atoms with van der Waals surface area (Å²) in [5.74, 6) is -1.58. The number of hydrogen-bond acceptors (Lipinski definition) is 8. The second-order valence-electron chi connectivity index (χ2n) is 6.69. The first kappa shape index (κ1) is 23.3. The van der Waals surface area contributed by atoms with Crippen LogP contribution in [0.1, 0.15) is 6.92 Å². The molecule has 0 unspecified atom stereocenters. The molecule has 0 amide bonds. The van der Waals surface area contributed by atoms with Crippen molar-refractivity contribution in [3.63, 3.8) is 0 Å². The van der Waals surface area contributed by atoms with E-state index in [0.29, 0.717) is 5.69 Å². The van der Waals surface area contributed by atoms with E-state index in [1.807, 2.05) is 0 Å². The summed E-state index contributed by atoms with van der Waals surface area (Å²) < 4.78 is 43.7. The highest BCUT2D eigenvalue weighted by atomic mass is 32.2. The van der Waals surface area contributed by atoms with Crippen LogP contribution in [0.5, 0.6) is 0 Å². The fraction of sp³-hybridized carbons (Fsp3) is 0.273. The molecule has 0 bridgehead atoms. The van der Waals surface area contributed by atoms with Gasteiger partial charge in [0.15, 0.2) is 0 Å². The molecule has 2 aromatic rings. The number of esters is 2. The minimum absolute atomic E-state index is 0.0539. The molecule has 1 aliphatic rings. The molecule has 0 aliphatic carbocycles. The summed E-state index contributed by atoms with van der Waals surface area (Å²) in [6.07, 6.45) is 0. The molecule has 2 aromatic carbocycles. The molecule has 1 aliphatic heterocycles.